The lowest BCUT2D eigenvalue weighted by Gasteiger charge is -2.20. The highest BCUT2D eigenvalue weighted by molar-refractivity contribution is 5.79. The summed E-state index contributed by atoms with van der Waals surface area (Å²) in [4.78, 5) is 14.0. The molecule has 1 aromatic heterocycles. The summed E-state index contributed by atoms with van der Waals surface area (Å²) >= 11 is 0. The molecule has 100 valence electrons. The Morgan fingerprint density at radius 3 is 2.83 bits per heavy atom. The van der Waals surface area contributed by atoms with Crippen LogP contribution in [-0.2, 0) is 11.2 Å². The summed E-state index contributed by atoms with van der Waals surface area (Å²) in [6.45, 7) is 7.03. The summed E-state index contributed by atoms with van der Waals surface area (Å²) in [6, 6.07) is 0. The lowest BCUT2D eigenvalue weighted by molar-refractivity contribution is -0.134. The molecule has 1 fully saturated rings. The van der Waals surface area contributed by atoms with Crippen LogP contribution in [-0.4, -0.2) is 45.3 Å². The van der Waals surface area contributed by atoms with Gasteiger partial charge < -0.3 is 10.0 Å². The molecule has 2 atom stereocenters. The largest absolute Gasteiger partial charge is 0.391 e. The predicted molar refractivity (Wildman–Crippen MR) is 68.1 cm³/mol. The van der Waals surface area contributed by atoms with Gasteiger partial charge in [0.15, 0.2) is 0 Å². The number of nitrogens with zero attached hydrogens (tertiary/aromatic N) is 2. The molecular weight excluding hydrogens is 230 g/mol. The first-order chi connectivity index (χ1) is 8.49. The number of likely N-dealkylation sites (tertiary alicyclic amines) is 1. The molecule has 1 unspecified atom stereocenters. The molecular formula is C13H21N3O2. The molecule has 5 nitrogen and oxygen atoms in total. The second-order valence-corrected chi connectivity index (χ2v) is 5.24. The fraction of sp³-hybridized carbons (Fsp3) is 0.692. The lowest BCUT2D eigenvalue weighted by atomic mass is 9.98. The van der Waals surface area contributed by atoms with E-state index in [0.29, 0.717) is 25.9 Å². The van der Waals surface area contributed by atoms with Gasteiger partial charge in [-0.3, -0.25) is 9.89 Å². The van der Waals surface area contributed by atoms with Crippen LogP contribution in [0.25, 0.3) is 0 Å². The summed E-state index contributed by atoms with van der Waals surface area (Å²) in [5, 5.41) is 16.6. The number of aromatic amines is 1. The van der Waals surface area contributed by atoms with Crippen molar-refractivity contribution in [1.82, 2.24) is 15.1 Å². The number of amides is 1. The van der Waals surface area contributed by atoms with E-state index in [0.717, 1.165) is 17.0 Å². The fourth-order valence-electron chi connectivity index (χ4n) is 2.52. The summed E-state index contributed by atoms with van der Waals surface area (Å²) in [5.74, 6) is 0.0665. The maximum atomic E-state index is 12.2. The van der Waals surface area contributed by atoms with Crippen LogP contribution >= 0.6 is 0 Å². The molecule has 0 spiro atoms. The minimum absolute atomic E-state index is 0.0645. The quantitative estimate of drug-likeness (QED) is 0.835. The van der Waals surface area contributed by atoms with Gasteiger partial charge in [0.1, 0.15) is 0 Å². The molecule has 0 radical (unpaired) electrons. The first-order valence-electron chi connectivity index (χ1n) is 6.46. The van der Waals surface area contributed by atoms with E-state index in [2.05, 4.69) is 10.2 Å². The molecule has 0 bridgehead atoms. The number of hydrogen-bond donors (Lipinski definition) is 2. The average molecular weight is 251 g/mol. The Bertz CT molecular complexity index is 422. The van der Waals surface area contributed by atoms with Crippen LogP contribution < -0.4 is 0 Å². The maximum Gasteiger partial charge on any atom is 0.225 e. The van der Waals surface area contributed by atoms with Crippen molar-refractivity contribution in [1.29, 1.82) is 0 Å². The monoisotopic (exact) mass is 251 g/mol. The van der Waals surface area contributed by atoms with Crippen molar-refractivity contribution in [3.05, 3.63) is 17.0 Å². The number of carbonyl (C=O) groups is 1. The Labute approximate surface area is 107 Å². The van der Waals surface area contributed by atoms with Crippen LogP contribution in [0, 0.1) is 19.8 Å². The van der Waals surface area contributed by atoms with E-state index in [1.54, 1.807) is 4.90 Å². The van der Waals surface area contributed by atoms with Crippen molar-refractivity contribution in [3.8, 4) is 0 Å². The van der Waals surface area contributed by atoms with Gasteiger partial charge >= 0.3 is 0 Å². The Morgan fingerprint density at radius 1 is 1.61 bits per heavy atom. The van der Waals surface area contributed by atoms with E-state index in [-0.39, 0.29) is 17.9 Å². The number of aliphatic hydroxyl groups is 1. The Balaban J connectivity index is 2.00. The number of carbonyl (C=O) groups excluding carboxylic acids is 1. The molecule has 1 aliphatic heterocycles. The summed E-state index contributed by atoms with van der Waals surface area (Å²) in [7, 11) is 0. The Morgan fingerprint density at radius 2 is 2.33 bits per heavy atom. The number of β-amino-alcohol motifs (C(OH)–C–C–N with tert-alkyl or cyclic N) is 1. The molecule has 0 saturated carbocycles. The number of aryl methyl sites for hydroxylation is 2. The van der Waals surface area contributed by atoms with E-state index in [9.17, 15) is 9.90 Å². The van der Waals surface area contributed by atoms with Gasteiger partial charge in [0, 0.05) is 24.7 Å². The number of rotatable bonds is 3. The molecule has 5 heteroatoms. The minimum atomic E-state index is -0.349. The highest BCUT2D eigenvalue weighted by Gasteiger charge is 2.28. The van der Waals surface area contributed by atoms with Crippen molar-refractivity contribution in [2.45, 2.75) is 39.7 Å². The van der Waals surface area contributed by atoms with Gasteiger partial charge in [-0.2, -0.15) is 5.10 Å². The Kier molecular flexibility index (Phi) is 3.71. The summed E-state index contributed by atoms with van der Waals surface area (Å²) in [6.07, 6.45) is 1.06. The van der Waals surface area contributed by atoms with E-state index < -0.39 is 0 Å². The predicted octanol–water partition coefficient (Wildman–Crippen LogP) is 0.798. The smallest absolute Gasteiger partial charge is 0.225 e. The zero-order valence-corrected chi connectivity index (χ0v) is 11.2. The second kappa shape index (κ2) is 5.10. The number of H-pyrrole nitrogens is 1. The topological polar surface area (TPSA) is 69.2 Å². The number of aliphatic hydroxyl groups excluding tert-OH is 1. The van der Waals surface area contributed by atoms with Gasteiger partial charge in [0.25, 0.3) is 0 Å². The highest BCUT2D eigenvalue weighted by Crippen LogP contribution is 2.19. The van der Waals surface area contributed by atoms with E-state index in [1.807, 2.05) is 20.8 Å². The van der Waals surface area contributed by atoms with Crippen molar-refractivity contribution in [3.63, 3.8) is 0 Å². The van der Waals surface area contributed by atoms with Gasteiger partial charge in [0.2, 0.25) is 5.91 Å². The van der Waals surface area contributed by atoms with Crippen LogP contribution in [0.1, 0.15) is 30.3 Å². The fourth-order valence-corrected chi connectivity index (χ4v) is 2.52. The van der Waals surface area contributed by atoms with Crippen LogP contribution in [0.5, 0.6) is 0 Å². The van der Waals surface area contributed by atoms with Crippen LogP contribution in [0.15, 0.2) is 0 Å². The SMILES string of the molecule is Cc1n[nH]c(C)c1CC(C)C(=O)N1CC[C@@H](O)C1. The Hall–Kier alpha value is -1.36. The van der Waals surface area contributed by atoms with Gasteiger partial charge in [-0.15, -0.1) is 0 Å². The first-order valence-corrected chi connectivity index (χ1v) is 6.46. The summed E-state index contributed by atoms with van der Waals surface area (Å²) < 4.78 is 0. The molecule has 0 aromatic carbocycles. The maximum absolute atomic E-state index is 12.2. The molecule has 2 rings (SSSR count). The van der Waals surface area contributed by atoms with Gasteiger partial charge in [-0.25, -0.2) is 0 Å². The zero-order valence-electron chi connectivity index (χ0n) is 11.2. The molecule has 1 amide bonds. The molecule has 1 aromatic rings. The second-order valence-electron chi connectivity index (χ2n) is 5.24. The standard InChI is InChI=1S/C13H21N3O2/c1-8(6-12-9(2)14-15-10(12)3)13(18)16-5-4-11(17)7-16/h8,11,17H,4-7H2,1-3H3,(H,14,15)/t8?,11-/m1/s1. The van der Waals surface area contributed by atoms with E-state index in [1.165, 1.54) is 0 Å². The van der Waals surface area contributed by atoms with Crippen molar-refractivity contribution in [2.75, 3.05) is 13.1 Å². The number of aromatic nitrogens is 2. The van der Waals surface area contributed by atoms with Gasteiger partial charge in [0.05, 0.1) is 11.8 Å². The number of hydrogen-bond acceptors (Lipinski definition) is 3. The van der Waals surface area contributed by atoms with Gasteiger partial charge in [-0.1, -0.05) is 6.92 Å². The first kappa shape index (κ1) is 13.1. The van der Waals surface area contributed by atoms with Crippen LogP contribution in [0.2, 0.25) is 0 Å². The third kappa shape index (κ3) is 2.56. The van der Waals surface area contributed by atoms with E-state index >= 15 is 0 Å². The molecule has 2 heterocycles. The number of nitrogens with one attached hydrogen (secondary N) is 1. The minimum Gasteiger partial charge on any atom is -0.391 e. The van der Waals surface area contributed by atoms with Crippen LogP contribution in [0.4, 0.5) is 0 Å². The molecule has 18 heavy (non-hydrogen) atoms. The van der Waals surface area contributed by atoms with Crippen LogP contribution in [0.3, 0.4) is 0 Å². The molecule has 1 saturated heterocycles. The average Bonchev–Trinajstić information content (AvgIpc) is 2.89. The van der Waals surface area contributed by atoms with Crippen molar-refractivity contribution in [2.24, 2.45) is 5.92 Å². The van der Waals surface area contributed by atoms with Gasteiger partial charge in [-0.05, 0) is 32.3 Å². The van der Waals surface area contributed by atoms with Crippen molar-refractivity contribution >= 4 is 5.91 Å². The van der Waals surface area contributed by atoms with E-state index in [4.69, 9.17) is 0 Å². The normalized spacial score (nSPS) is 21.3. The van der Waals surface area contributed by atoms with Crippen molar-refractivity contribution < 1.29 is 9.90 Å². The zero-order chi connectivity index (χ0) is 13.3. The molecule has 2 N–H and O–H groups in total. The molecule has 1 aliphatic rings. The third-order valence-corrected chi connectivity index (χ3v) is 3.69. The highest BCUT2D eigenvalue weighted by atomic mass is 16.3. The summed E-state index contributed by atoms with van der Waals surface area (Å²) in [5.41, 5.74) is 3.14. The molecule has 0 aliphatic carbocycles. The third-order valence-electron chi connectivity index (χ3n) is 3.69. The lowest BCUT2D eigenvalue weighted by Crippen LogP contribution is -2.34.